The van der Waals surface area contributed by atoms with Gasteiger partial charge < -0.3 is 14.4 Å². The Morgan fingerprint density at radius 3 is 2.54 bits per heavy atom. The van der Waals surface area contributed by atoms with Crippen molar-refractivity contribution in [3.05, 3.63) is 54.1 Å². The van der Waals surface area contributed by atoms with Crippen molar-refractivity contribution in [1.82, 2.24) is 4.31 Å². The summed E-state index contributed by atoms with van der Waals surface area (Å²) in [6.45, 7) is 0.986. The molecule has 140 valence electrons. The Morgan fingerprint density at radius 1 is 1.15 bits per heavy atom. The van der Waals surface area contributed by atoms with Gasteiger partial charge in [-0.1, -0.05) is 12.1 Å². The molecule has 1 saturated heterocycles. The van der Waals surface area contributed by atoms with Gasteiger partial charge in [-0.15, -0.1) is 0 Å². The molecule has 2 aromatic carbocycles. The molecule has 1 aliphatic heterocycles. The van der Waals surface area contributed by atoms with Crippen LogP contribution in [0.2, 0.25) is 0 Å². The number of nitrogens with zero attached hydrogens (tertiary/aromatic N) is 2. The van der Waals surface area contributed by atoms with E-state index in [1.165, 1.54) is 4.31 Å². The van der Waals surface area contributed by atoms with Crippen LogP contribution in [0.4, 0.5) is 5.69 Å². The van der Waals surface area contributed by atoms with Gasteiger partial charge in [0.15, 0.2) is 0 Å². The first-order valence-electron chi connectivity index (χ1n) is 8.45. The molecule has 26 heavy (non-hydrogen) atoms. The standard InChI is InChI=1S/C19H24N2O4S/c1-20(2)16-7-9-18(10-8-16)26(22,23)21-11-12-25-19(14-21)15-5-4-6-17(13-15)24-3/h4-10,13,19H,11-12,14H2,1-3H3/t19-/m0/s1. The number of hydrogen-bond acceptors (Lipinski definition) is 5. The molecule has 6 nitrogen and oxygen atoms in total. The van der Waals surface area contributed by atoms with E-state index in [4.69, 9.17) is 9.47 Å². The molecule has 0 radical (unpaired) electrons. The normalized spacial score (nSPS) is 18.5. The summed E-state index contributed by atoms with van der Waals surface area (Å²) >= 11 is 0. The van der Waals surface area contributed by atoms with Crippen molar-refractivity contribution in [1.29, 1.82) is 0 Å². The zero-order valence-electron chi connectivity index (χ0n) is 15.3. The first-order chi connectivity index (χ1) is 12.4. The summed E-state index contributed by atoms with van der Waals surface area (Å²) in [5, 5.41) is 0. The van der Waals surface area contributed by atoms with Gasteiger partial charge in [-0.05, 0) is 42.0 Å². The van der Waals surface area contributed by atoms with Crippen LogP contribution in [0.15, 0.2) is 53.4 Å². The second-order valence-electron chi connectivity index (χ2n) is 6.39. The second kappa shape index (κ2) is 7.65. The lowest BCUT2D eigenvalue weighted by atomic mass is 10.1. The highest BCUT2D eigenvalue weighted by molar-refractivity contribution is 7.89. The third-order valence-corrected chi connectivity index (χ3v) is 6.37. The van der Waals surface area contributed by atoms with Crippen LogP contribution >= 0.6 is 0 Å². The van der Waals surface area contributed by atoms with E-state index in [-0.39, 0.29) is 12.6 Å². The number of sulfonamides is 1. The minimum absolute atomic E-state index is 0.283. The summed E-state index contributed by atoms with van der Waals surface area (Å²) in [4.78, 5) is 2.23. The molecule has 0 N–H and O–H groups in total. The largest absolute Gasteiger partial charge is 0.497 e. The van der Waals surface area contributed by atoms with Crippen molar-refractivity contribution in [3.63, 3.8) is 0 Å². The molecule has 3 rings (SSSR count). The Labute approximate surface area is 155 Å². The van der Waals surface area contributed by atoms with Gasteiger partial charge >= 0.3 is 0 Å². The SMILES string of the molecule is COc1cccc([C@@H]2CN(S(=O)(=O)c3ccc(N(C)C)cc3)CCO2)c1. The van der Waals surface area contributed by atoms with E-state index in [1.807, 2.05) is 55.4 Å². The molecule has 1 aliphatic rings. The van der Waals surface area contributed by atoms with Gasteiger partial charge in [-0.2, -0.15) is 4.31 Å². The Kier molecular flexibility index (Phi) is 5.50. The molecule has 2 aromatic rings. The maximum atomic E-state index is 13.0. The van der Waals surface area contributed by atoms with Crippen molar-refractivity contribution in [2.45, 2.75) is 11.0 Å². The van der Waals surface area contributed by atoms with Crippen LogP contribution in [0.25, 0.3) is 0 Å². The Morgan fingerprint density at radius 2 is 1.88 bits per heavy atom. The lowest BCUT2D eigenvalue weighted by Crippen LogP contribution is -2.42. The molecule has 0 bridgehead atoms. The van der Waals surface area contributed by atoms with Crippen LogP contribution in [-0.4, -0.2) is 53.6 Å². The topological polar surface area (TPSA) is 59.1 Å². The summed E-state index contributed by atoms with van der Waals surface area (Å²) in [7, 11) is 1.89. The fourth-order valence-electron chi connectivity index (χ4n) is 2.95. The number of benzene rings is 2. The molecule has 1 fully saturated rings. The van der Waals surface area contributed by atoms with E-state index in [9.17, 15) is 8.42 Å². The van der Waals surface area contributed by atoms with Gasteiger partial charge in [0.05, 0.1) is 24.7 Å². The lowest BCUT2D eigenvalue weighted by Gasteiger charge is -2.32. The Hall–Kier alpha value is -2.09. The molecule has 7 heteroatoms. The van der Waals surface area contributed by atoms with Crippen molar-refractivity contribution in [2.24, 2.45) is 0 Å². The zero-order valence-corrected chi connectivity index (χ0v) is 16.1. The van der Waals surface area contributed by atoms with Crippen LogP contribution in [0.5, 0.6) is 5.75 Å². The predicted octanol–water partition coefficient (Wildman–Crippen LogP) is 2.52. The molecular formula is C19H24N2O4S. The van der Waals surface area contributed by atoms with E-state index in [0.717, 1.165) is 17.0 Å². The third-order valence-electron chi connectivity index (χ3n) is 4.49. The highest BCUT2D eigenvalue weighted by Gasteiger charge is 2.31. The van der Waals surface area contributed by atoms with Gasteiger partial charge in [0.1, 0.15) is 5.75 Å². The number of anilines is 1. The minimum atomic E-state index is -3.56. The van der Waals surface area contributed by atoms with E-state index >= 15 is 0 Å². The number of ether oxygens (including phenoxy) is 2. The van der Waals surface area contributed by atoms with Crippen molar-refractivity contribution in [2.75, 3.05) is 45.8 Å². The van der Waals surface area contributed by atoms with Crippen molar-refractivity contribution in [3.8, 4) is 5.75 Å². The first-order valence-corrected chi connectivity index (χ1v) is 9.89. The third kappa shape index (κ3) is 3.85. The van der Waals surface area contributed by atoms with E-state index in [1.54, 1.807) is 19.2 Å². The number of morpholine rings is 1. The highest BCUT2D eigenvalue weighted by Crippen LogP contribution is 2.29. The summed E-state index contributed by atoms with van der Waals surface area (Å²) in [5.74, 6) is 0.727. The van der Waals surface area contributed by atoms with E-state index < -0.39 is 10.0 Å². The highest BCUT2D eigenvalue weighted by atomic mass is 32.2. The molecule has 0 spiro atoms. The molecule has 1 heterocycles. The van der Waals surface area contributed by atoms with Crippen LogP contribution in [-0.2, 0) is 14.8 Å². The molecule has 0 amide bonds. The molecule has 0 aromatic heterocycles. The molecule has 1 atom stereocenters. The molecule has 0 aliphatic carbocycles. The van der Waals surface area contributed by atoms with Crippen LogP contribution in [0.3, 0.4) is 0 Å². The summed E-state index contributed by atoms with van der Waals surface area (Å²) < 4.78 is 38.5. The lowest BCUT2D eigenvalue weighted by molar-refractivity contribution is -0.00264. The summed E-state index contributed by atoms with van der Waals surface area (Å²) in [6.07, 6.45) is -0.310. The second-order valence-corrected chi connectivity index (χ2v) is 8.33. The Bertz CT molecular complexity index is 850. The molecule has 0 unspecified atom stereocenters. The number of methoxy groups -OCH3 is 1. The summed E-state index contributed by atoms with van der Waals surface area (Å²) in [6, 6.07) is 14.5. The van der Waals surface area contributed by atoms with Gasteiger partial charge in [-0.3, -0.25) is 0 Å². The van der Waals surface area contributed by atoms with Crippen molar-refractivity contribution < 1.29 is 17.9 Å². The monoisotopic (exact) mass is 376 g/mol. The zero-order chi connectivity index (χ0) is 18.7. The number of rotatable bonds is 5. The minimum Gasteiger partial charge on any atom is -0.497 e. The fraction of sp³-hybridized carbons (Fsp3) is 0.368. The maximum absolute atomic E-state index is 13.0. The predicted molar refractivity (Wildman–Crippen MR) is 101 cm³/mol. The van der Waals surface area contributed by atoms with Gasteiger partial charge in [-0.25, -0.2) is 8.42 Å². The Balaban J connectivity index is 1.81. The quantitative estimate of drug-likeness (QED) is 0.803. The van der Waals surface area contributed by atoms with Crippen LogP contribution in [0.1, 0.15) is 11.7 Å². The fourth-order valence-corrected chi connectivity index (χ4v) is 4.38. The van der Waals surface area contributed by atoms with E-state index in [0.29, 0.717) is 18.0 Å². The van der Waals surface area contributed by atoms with Gasteiger partial charge in [0, 0.05) is 32.9 Å². The van der Waals surface area contributed by atoms with E-state index in [2.05, 4.69) is 0 Å². The number of hydrogen-bond donors (Lipinski definition) is 0. The average Bonchev–Trinajstić information content (AvgIpc) is 2.68. The van der Waals surface area contributed by atoms with Gasteiger partial charge in [0.25, 0.3) is 0 Å². The van der Waals surface area contributed by atoms with Crippen LogP contribution < -0.4 is 9.64 Å². The maximum Gasteiger partial charge on any atom is 0.243 e. The molecular weight excluding hydrogens is 352 g/mol. The average molecular weight is 376 g/mol. The van der Waals surface area contributed by atoms with Crippen molar-refractivity contribution >= 4 is 15.7 Å². The molecule has 0 saturated carbocycles. The first kappa shape index (κ1) is 18.7. The smallest absolute Gasteiger partial charge is 0.243 e. The van der Waals surface area contributed by atoms with Crippen LogP contribution in [0, 0.1) is 0 Å². The summed E-state index contributed by atoms with van der Waals surface area (Å²) in [5.41, 5.74) is 1.87. The van der Waals surface area contributed by atoms with Gasteiger partial charge in [0.2, 0.25) is 10.0 Å².